The lowest BCUT2D eigenvalue weighted by Gasteiger charge is -2.11. The lowest BCUT2D eigenvalue weighted by atomic mass is 10.3. The van der Waals surface area contributed by atoms with Gasteiger partial charge in [0.2, 0.25) is 0 Å². The third-order valence-electron chi connectivity index (χ3n) is 2.65. The highest BCUT2D eigenvalue weighted by Gasteiger charge is 2.09. The zero-order chi connectivity index (χ0) is 11.4. The van der Waals surface area contributed by atoms with Gasteiger partial charge in [-0.1, -0.05) is 20.8 Å². The van der Waals surface area contributed by atoms with Crippen LogP contribution >= 0.6 is 0 Å². The molecule has 0 aliphatic rings. The van der Waals surface area contributed by atoms with Crippen molar-refractivity contribution in [2.45, 2.75) is 60.2 Å². The van der Waals surface area contributed by atoms with Crippen LogP contribution in [0.25, 0.3) is 0 Å². The van der Waals surface area contributed by atoms with Crippen LogP contribution in [0, 0.1) is 13.8 Å². The van der Waals surface area contributed by atoms with Crippen LogP contribution in [0.1, 0.15) is 44.4 Å². The van der Waals surface area contributed by atoms with E-state index in [0.717, 1.165) is 25.2 Å². The van der Waals surface area contributed by atoms with Crippen molar-refractivity contribution in [3.63, 3.8) is 0 Å². The Labute approximate surface area is 92.9 Å². The summed E-state index contributed by atoms with van der Waals surface area (Å²) in [6.45, 7) is 12.7. The van der Waals surface area contributed by atoms with Crippen molar-refractivity contribution in [3.05, 3.63) is 17.2 Å². The Morgan fingerprint density at radius 2 is 2.00 bits per heavy atom. The van der Waals surface area contributed by atoms with Gasteiger partial charge in [0.15, 0.2) is 0 Å². The van der Waals surface area contributed by atoms with Crippen molar-refractivity contribution in [1.29, 1.82) is 0 Å². The molecule has 0 unspecified atom stereocenters. The first kappa shape index (κ1) is 12.2. The number of hydrogen-bond acceptors (Lipinski definition) is 2. The van der Waals surface area contributed by atoms with E-state index in [9.17, 15) is 0 Å². The predicted molar refractivity (Wildman–Crippen MR) is 64.0 cm³/mol. The molecule has 0 amide bonds. The molecule has 86 valence electrons. The van der Waals surface area contributed by atoms with Crippen molar-refractivity contribution in [2.75, 3.05) is 0 Å². The molecule has 0 atom stereocenters. The first-order valence-electron chi connectivity index (χ1n) is 5.82. The monoisotopic (exact) mass is 209 g/mol. The fraction of sp³-hybridized carbons (Fsp3) is 0.750. The number of nitrogens with zero attached hydrogens (tertiary/aromatic N) is 2. The maximum absolute atomic E-state index is 4.60. The third kappa shape index (κ3) is 3.06. The van der Waals surface area contributed by atoms with E-state index >= 15 is 0 Å². The molecule has 0 fully saturated rings. The minimum Gasteiger partial charge on any atom is -0.331 e. The normalized spacial score (nSPS) is 11.3. The lowest BCUT2D eigenvalue weighted by molar-refractivity contribution is 0.537. The number of nitrogens with one attached hydrogen (secondary N) is 1. The summed E-state index contributed by atoms with van der Waals surface area (Å²) in [5.74, 6) is 1.17. The van der Waals surface area contributed by atoms with E-state index in [1.54, 1.807) is 0 Å². The molecule has 0 radical (unpaired) electrons. The molecule has 0 saturated heterocycles. The molecule has 1 N–H and O–H groups in total. The van der Waals surface area contributed by atoms with Crippen LogP contribution in [-0.4, -0.2) is 15.6 Å². The predicted octanol–water partition coefficient (Wildman–Crippen LogP) is 2.41. The molecular formula is C12H23N3. The van der Waals surface area contributed by atoms with E-state index in [2.05, 4.69) is 49.5 Å². The van der Waals surface area contributed by atoms with Gasteiger partial charge in [-0.2, -0.15) is 0 Å². The molecule has 1 aromatic heterocycles. The largest absolute Gasteiger partial charge is 0.331 e. The first-order valence-corrected chi connectivity index (χ1v) is 5.82. The smallest absolute Gasteiger partial charge is 0.123 e. The summed E-state index contributed by atoms with van der Waals surface area (Å²) in [7, 11) is 0. The minimum absolute atomic E-state index is 0.511. The van der Waals surface area contributed by atoms with Crippen molar-refractivity contribution < 1.29 is 0 Å². The molecule has 0 aliphatic heterocycles. The van der Waals surface area contributed by atoms with Crippen LogP contribution in [0.4, 0.5) is 0 Å². The highest BCUT2D eigenvalue weighted by atomic mass is 15.1. The highest BCUT2D eigenvalue weighted by Crippen LogP contribution is 2.11. The molecule has 3 heteroatoms. The minimum atomic E-state index is 0.511. The molecule has 15 heavy (non-hydrogen) atoms. The quantitative estimate of drug-likeness (QED) is 0.807. The maximum atomic E-state index is 4.60. The SMILES string of the molecule is CCCn1c(CNC(C)C)nc(C)c1C. The van der Waals surface area contributed by atoms with Gasteiger partial charge in [0, 0.05) is 18.3 Å². The lowest BCUT2D eigenvalue weighted by Crippen LogP contribution is -2.24. The fourth-order valence-electron chi connectivity index (χ4n) is 1.67. The molecule has 0 saturated carbocycles. The van der Waals surface area contributed by atoms with Crippen LogP contribution in [0.5, 0.6) is 0 Å². The van der Waals surface area contributed by atoms with Crippen molar-refractivity contribution >= 4 is 0 Å². The van der Waals surface area contributed by atoms with Crippen LogP contribution < -0.4 is 5.32 Å². The van der Waals surface area contributed by atoms with Gasteiger partial charge in [-0.05, 0) is 20.3 Å². The Hall–Kier alpha value is -0.830. The zero-order valence-electron chi connectivity index (χ0n) is 10.6. The van der Waals surface area contributed by atoms with Gasteiger partial charge in [0.25, 0.3) is 0 Å². The molecule has 0 aliphatic carbocycles. The van der Waals surface area contributed by atoms with Gasteiger partial charge in [-0.3, -0.25) is 0 Å². The van der Waals surface area contributed by atoms with Gasteiger partial charge in [0.05, 0.1) is 12.2 Å². The molecule has 0 aromatic carbocycles. The number of imidazole rings is 1. The molecule has 1 heterocycles. The van der Waals surface area contributed by atoms with Crippen LogP contribution in [0.3, 0.4) is 0 Å². The van der Waals surface area contributed by atoms with E-state index in [1.807, 2.05) is 0 Å². The van der Waals surface area contributed by atoms with Gasteiger partial charge >= 0.3 is 0 Å². The molecular weight excluding hydrogens is 186 g/mol. The standard InChI is InChI=1S/C12H23N3/c1-6-7-15-11(5)10(4)14-12(15)8-13-9(2)3/h9,13H,6-8H2,1-5H3. The topological polar surface area (TPSA) is 29.9 Å². The summed E-state index contributed by atoms with van der Waals surface area (Å²) in [5.41, 5.74) is 2.46. The second-order valence-electron chi connectivity index (χ2n) is 4.39. The summed E-state index contributed by atoms with van der Waals surface area (Å²) in [4.78, 5) is 4.60. The Morgan fingerprint density at radius 1 is 1.33 bits per heavy atom. The zero-order valence-corrected chi connectivity index (χ0v) is 10.6. The molecule has 1 rings (SSSR count). The molecule has 0 spiro atoms. The number of aromatic nitrogens is 2. The average Bonchev–Trinajstić information content (AvgIpc) is 2.43. The number of hydrogen-bond donors (Lipinski definition) is 1. The fourth-order valence-corrected chi connectivity index (χ4v) is 1.67. The summed E-state index contributed by atoms with van der Waals surface area (Å²) < 4.78 is 2.32. The van der Waals surface area contributed by atoms with Gasteiger partial charge < -0.3 is 9.88 Å². The Bertz CT molecular complexity index is 313. The summed E-state index contributed by atoms with van der Waals surface area (Å²) in [5, 5.41) is 3.42. The van der Waals surface area contributed by atoms with Crippen LogP contribution in [0.2, 0.25) is 0 Å². The highest BCUT2D eigenvalue weighted by molar-refractivity contribution is 5.14. The van der Waals surface area contributed by atoms with Gasteiger partial charge in [-0.25, -0.2) is 4.98 Å². The van der Waals surface area contributed by atoms with E-state index in [1.165, 1.54) is 11.5 Å². The summed E-state index contributed by atoms with van der Waals surface area (Å²) >= 11 is 0. The van der Waals surface area contributed by atoms with E-state index in [0.29, 0.717) is 6.04 Å². The van der Waals surface area contributed by atoms with E-state index in [-0.39, 0.29) is 0 Å². The van der Waals surface area contributed by atoms with Gasteiger partial charge in [0.1, 0.15) is 5.82 Å². The Morgan fingerprint density at radius 3 is 2.53 bits per heavy atom. The van der Waals surface area contributed by atoms with Crippen molar-refractivity contribution in [3.8, 4) is 0 Å². The number of rotatable bonds is 5. The van der Waals surface area contributed by atoms with Gasteiger partial charge in [-0.15, -0.1) is 0 Å². The number of aryl methyl sites for hydroxylation is 1. The Kier molecular flexibility index (Phi) is 4.33. The Balaban J connectivity index is 2.81. The second-order valence-corrected chi connectivity index (χ2v) is 4.39. The van der Waals surface area contributed by atoms with Crippen molar-refractivity contribution in [1.82, 2.24) is 14.9 Å². The first-order chi connectivity index (χ1) is 7.06. The summed E-state index contributed by atoms with van der Waals surface area (Å²) in [6, 6.07) is 0.511. The maximum Gasteiger partial charge on any atom is 0.123 e. The molecule has 0 bridgehead atoms. The van der Waals surface area contributed by atoms with Crippen molar-refractivity contribution in [2.24, 2.45) is 0 Å². The second kappa shape index (κ2) is 5.31. The van der Waals surface area contributed by atoms with Crippen LogP contribution in [-0.2, 0) is 13.1 Å². The van der Waals surface area contributed by atoms with E-state index < -0.39 is 0 Å². The third-order valence-corrected chi connectivity index (χ3v) is 2.65. The van der Waals surface area contributed by atoms with Crippen LogP contribution in [0.15, 0.2) is 0 Å². The summed E-state index contributed by atoms with van der Waals surface area (Å²) in [6.07, 6.45) is 1.16. The van der Waals surface area contributed by atoms with E-state index in [4.69, 9.17) is 0 Å². The average molecular weight is 209 g/mol. The molecule has 1 aromatic rings. The molecule has 3 nitrogen and oxygen atoms in total.